The maximum absolute atomic E-state index is 12.4. The molecule has 0 bridgehead atoms. The molecule has 21 heavy (non-hydrogen) atoms. The minimum atomic E-state index is -0.352. The molecule has 0 aromatic carbocycles. The summed E-state index contributed by atoms with van der Waals surface area (Å²) < 4.78 is 5.13. The first kappa shape index (κ1) is 14.8. The Balaban J connectivity index is 1.99. The van der Waals surface area contributed by atoms with Gasteiger partial charge >= 0.3 is 5.97 Å². The van der Waals surface area contributed by atoms with E-state index in [2.05, 4.69) is 13.8 Å². The fourth-order valence-corrected chi connectivity index (χ4v) is 5.62. The predicted octanol–water partition coefficient (Wildman–Crippen LogP) is 3.67. The second-order valence-corrected chi connectivity index (χ2v) is 7.64. The molecule has 0 saturated heterocycles. The summed E-state index contributed by atoms with van der Waals surface area (Å²) in [7, 11) is 1.51. The Morgan fingerprint density at radius 2 is 2.00 bits per heavy atom. The lowest BCUT2D eigenvalue weighted by atomic mass is 9.46. The Morgan fingerprint density at radius 3 is 2.71 bits per heavy atom. The molecule has 2 fully saturated rings. The number of rotatable bonds is 1. The van der Waals surface area contributed by atoms with E-state index >= 15 is 0 Å². The Morgan fingerprint density at radius 1 is 1.24 bits per heavy atom. The molecule has 0 N–H and O–H groups in total. The number of ketones is 1. The third kappa shape index (κ3) is 2.08. The lowest BCUT2D eigenvalue weighted by Gasteiger charge is -2.58. The number of esters is 1. The van der Waals surface area contributed by atoms with Crippen LogP contribution in [0.5, 0.6) is 0 Å². The number of carbonyl (C=O) groups is 2. The van der Waals surface area contributed by atoms with Crippen molar-refractivity contribution in [2.24, 2.45) is 22.7 Å². The predicted molar refractivity (Wildman–Crippen MR) is 80.6 cm³/mol. The van der Waals surface area contributed by atoms with Gasteiger partial charge in [-0.3, -0.25) is 9.59 Å². The molecular formula is C18H26O3. The highest BCUT2D eigenvalue weighted by molar-refractivity contribution is 5.91. The van der Waals surface area contributed by atoms with E-state index in [1.165, 1.54) is 19.1 Å². The molecule has 3 heteroatoms. The lowest BCUT2D eigenvalue weighted by molar-refractivity contribution is -0.168. The summed E-state index contributed by atoms with van der Waals surface area (Å²) >= 11 is 0. The number of methoxy groups -OCH3 is 1. The molecule has 0 amide bonds. The van der Waals surface area contributed by atoms with Crippen LogP contribution in [0, 0.1) is 22.7 Å². The molecule has 3 aliphatic carbocycles. The van der Waals surface area contributed by atoms with Crippen molar-refractivity contribution >= 4 is 11.8 Å². The van der Waals surface area contributed by atoms with Gasteiger partial charge in [-0.1, -0.05) is 18.9 Å². The van der Waals surface area contributed by atoms with Crippen LogP contribution in [0.2, 0.25) is 0 Å². The molecule has 3 nitrogen and oxygen atoms in total. The maximum Gasteiger partial charge on any atom is 0.311 e. The topological polar surface area (TPSA) is 43.4 Å². The van der Waals surface area contributed by atoms with Gasteiger partial charge in [0, 0.05) is 6.42 Å². The third-order valence-electron chi connectivity index (χ3n) is 6.62. The van der Waals surface area contributed by atoms with Gasteiger partial charge in [0.15, 0.2) is 5.78 Å². The van der Waals surface area contributed by atoms with Crippen molar-refractivity contribution in [2.75, 3.05) is 7.11 Å². The zero-order valence-electron chi connectivity index (χ0n) is 13.4. The van der Waals surface area contributed by atoms with Gasteiger partial charge in [-0.2, -0.15) is 0 Å². The van der Waals surface area contributed by atoms with Crippen LogP contribution in [0.3, 0.4) is 0 Å². The number of hydrogen-bond donors (Lipinski definition) is 0. The van der Waals surface area contributed by atoms with Crippen LogP contribution in [-0.2, 0) is 14.3 Å². The summed E-state index contributed by atoms with van der Waals surface area (Å²) in [5.74, 6) is 1.10. The number of fused-ring (bicyclic) bond motifs is 3. The highest BCUT2D eigenvalue weighted by Crippen LogP contribution is 2.62. The molecule has 116 valence electrons. The first-order chi connectivity index (χ1) is 9.91. The highest BCUT2D eigenvalue weighted by atomic mass is 16.5. The van der Waals surface area contributed by atoms with E-state index in [-0.39, 0.29) is 22.6 Å². The zero-order valence-corrected chi connectivity index (χ0v) is 13.4. The van der Waals surface area contributed by atoms with Gasteiger partial charge in [0.25, 0.3) is 0 Å². The van der Waals surface area contributed by atoms with Gasteiger partial charge in [0.05, 0.1) is 12.5 Å². The molecule has 0 aromatic heterocycles. The average molecular weight is 290 g/mol. The lowest BCUT2D eigenvalue weighted by Crippen LogP contribution is -2.54. The molecule has 2 saturated carbocycles. The zero-order chi connectivity index (χ0) is 15.3. The monoisotopic (exact) mass is 290 g/mol. The maximum atomic E-state index is 12.4. The molecule has 0 aliphatic heterocycles. The van der Waals surface area contributed by atoms with Gasteiger partial charge in [0.1, 0.15) is 0 Å². The molecule has 3 aliphatic rings. The van der Waals surface area contributed by atoms with Crippen LogP contribution in [0.15, 0.2) is 11.6 Å². The van der Waals surface area contributed by atoms with Crippen molar-refractivity contribution in [3.05, 3.63) is 11.6 Å². The minimum Gasteiger partial charge on any atom is -0.469 e. The van der Waals surface area contributed by atoms with Crippen molar-refractivity contribution in [1.82, 2.24) is 0 Å². The van der Waals surface area contributed by atoms with Crippen molar-refractivity contribution in [2.45, 2.75) is 58.8 Å². The van der Waals surface area contributed by atoms with Crippen molar-refractivity contribution in [3.63, 3.8) is 0 Å². The van der Waals surface area contributed by atoms with Gasteiger partial charge < -0.3 is 4.74 Å². The summed E-state index contributed by atoms with van der Waals surface area (Å²) in [4.78, 5) is 24.1. The summed E-state index contributed by atoms with van der Waals surface area (Å²) in [6, 6.07) is 0. The number of carbonyl (C=O) groups excluding carboxylic acids is 2. The normalized spacial score (nSPS) is 42.6. The smallest absolute Gasteiger partial charge is 0.311 e. The van der Waals surface area contributed by atoms with E-state index in [0.717, 1.165) is 32.1 Å². The van der Waals surface area contributed by atoms with Gasteiger partial charge in [-0.15, -0.1) is 0 Å². The summed E-state index contributed by atoms with van der Waals surface area (Å²) in [6.45, 7) is 4.45. The molecule has 4 atom stereocenters. The number of hydrogen-bond acceptors (Lipinski definition) is 3. The van der Waals surface area contributed by atoms with E-state index in [1.807, 2.05) is 6.08 Å². The quantitative estimate of drug-likeness (QED) is 0.692. The SMILES string of the molecule is COC(=O)[C@@]1(C)CCC[C@@]2(C)[C@H]1CCC1=CC(=O)CC[C@@H]12. The molecule has 0 aromatic rings. The fraction of sp³-hybridized carbons (Fsp3) is 0.778. The van der Waals surface area contributed by atoms with Crippen molar-refractivity contribution in [3.8, 4) is 0 Å². The molecule has 0 unspecified atom stereocenters. The molecule has 3 rings (SSSR count). The summed E-state index contributed by atoms with van der Waals surface area (Å²) in [6.07, 6.45) is 8.71. The van der Waals surface area contributed by atoms with Crippen LogP contribution in [-0.4, -0.2) is 18.9 Å². The van der Waals surface area contributed by atoms with Gasteiger partial charge in [0.2, 0.25) is 0 Å². The summed E-state index contributed by atoms with van der Waals surface area (Å²) in [5.41, 5.74) is 1.14. The third-order valence-corrected chi connectivity index (χ3v) is 6.62. The number of allylic oxidation sites excluding steroid dienone is 2. The second kappa shape index (κ2) is 4.96. The Labute approximate surface area is 127 Å². The second-order valence-electron chi connectivity index (χ2n) is 7.64. The van der Waals surface area contributed by atoms with E-state index in [0.29, 0.717) is 18.3 Å². The van der Waals surface area contributed by atoms with E-state index in [9.17, 15) is 9.59 Å². The van der Waals surface area contributed by atoms with Crippen molar-refractivity contribution in [1.29, 1.82) is 0 Å². The Kier molecular flexibility index (Phi) is 3.50. The minimum absolute atomic E-state index is 0.0438. The van der Waals surface area contributed by atoms with Crippen LogP contribution < -0.4 is 0 Å². The van der Waals surface area contributed by atoms with Crippen LogP contribution >= 0.6 is 0 Å². The van der Waals surface area contributed by atoms with E-state index in [1.54, 1.807) is 0 Å². The Hall–Kier alpha value is -1.12. The average Bonchev–Trinajstić information content (AvgIpc) is 2.45. The van der Waals surface area contributed by atoms with Crippen LogP contribution in [0.25, 0.3) is 0 Å². The first-order valence-corrected chi connectivity index (χ1v) is 8.23. The van der Waals surface area contributed by atoms with E-state index in [4.69, 9.17) is 4.74 Å². The Bertz CT molecular complexity index is 507. The molecular weight excluding hydrogens is 264 g/mol. The fourth-order valence-electron chi connectivity index (χ4n) is 5.62. The number of ether oxygens (including phenoxy) is 1. The highest BCUT2D eigenvalue weighted by Gasteiger charge is 2.58. The summed E-state index contributed by atoms with van der Waals surface area (Å²) in [5, 5.41) is 0. The standard InChI is InChI=1S/C18H26O3/c1-17-9-4-10-18(2,16(20)21-3)15(17)8-5-12-11-13(19)6-7-14(12)17/h11,14-15H,4-10H2,1-3H3/t14-,15+,17+,18-/m0/s1. The van der Waals surface area contributed by atoms with Gasteiger partial charge in [-0.25, -0.2) is 0 Å². The molecule has 0 spiro atoms. The molecule has 0 radical (unpaired) electrons. The van der Waals surface area contributed by atoms with Crippen molar-refractivity contribution < 1.29 is 14.3 Å². The van der Waals surface area contributed by atoms with Gasteiger partial charge in [-0.05, 0) is 62.4 Å². The first-order valence-electron chi connectivity index (χ1n) is 8.23. The molecule has 0 heterocycles. The van der Waals surface area contributed by atoms with Crippen LogP contribution in [0.1, 0.15) is 58.8 Å². The van der Waals surface area contributed by atoms with E-state index < -0.39 is 0 Å². The largest absolute Gasteiger partial charge is 0.469 e. The van der Waals surface area contributed by atoms with Crippen LogP contribution in [0.4, 0.5) is 0 Å².